The minimum Gasteiger partial charge on any atom is -0.379 e. The molecule has 0 unspecified atom stereocenters. The van der Waals surface area contributed by atoms with E-state index in [1.807, 2.05) is 0 Å². The zero-order valence-electron chi connectivity index (χ0n) is 16.4. The van der Waals surface area contributed by atoms with E-state index in [2.05, 4.69) is 31.6 Å². The monoisotopic (exact) mass is 361 g/mol. The first kappa shape index (κ1) is 18.4. The van der Waals surface area contributed by atoms with Gasteiger partial charge in [-0.15, -0.1) is 10.2 Å². The number of piperidine rings is 1. The van der Waals surface area contributed by atoms with Crippen molar-refractivity contribution in [2.45, 2.75) is 69.9 Å². The summed E-state index contributed by atoms with van der Waals surface area (Å²) in [5, 5.41) is 9.12. The maximum atomic E-state index is 5.45. The first-order chi connectivity index (χ1) is 12.8. The molecule has 3 heterocycles. The summed E-state index contributed by atoms with van der Waals surface area (Å²) in [6, 6.07) is 0.842. The van der Waals surface area contributed by atoms with Crippen molar-refractivity contribution >= 4 is 0 Å². The van der Waals surface area contributed by atoms with Gasteiger partial charge in [0.25, 0.3) is 0 Å². The highest BCUT2D eigenvalue weighted by molar-refractivity contribution is 5.04. The van der Waals surface area contributed by atoms with Crippen molar-refractivity contribution in [1.82, 2.24) is 24.6 Å². The molecule has 0 spiro atoms. The van der Waals surface area contributed by atoms with E-state index >= 15 is 0 Å². The highest BCUT2D eigenvalue weighted by atomic mass is 16.5. The second kappa shape index (κ2) is 8.81. The van der Waals surface area contributed by atoms with E-state index in [9.17, 15) is 0 Å². The number of rotatable bonds is 4. The number of hydrogen-bond acceptors (Lipinski definition) is 5. The van der Waals surface area contributed by atoms with Gasteiger partial charge in [0, 0.05) is 32.1 Å². The zero-order chi connectivity index (χ0) is 17.8. The minimum absolute atomic E-state index is 0.577. The van der Waals surface area contributed by atoms with Crippen molar-refractivity contribution in [1.29, 1.82) is 0 Å². The number of aromatic nitrogens is 3. The van der Waals surface area contributed by atoms with Gasteiger partial charge in [-0.05, 0) is 38.8 Å². The molecule has 3 fully saturated rings. The average molecular weight is 362 g/mol. The fourth-order valence-electron chi connectivity index (χ4n) is 4.97. The molecule has 146 valence electrons. The van der Waals surface area contributed by atoms with Crippen LogP contribution >= 0.6 is 0 Å². The van der Waals surface area contributed by atoms with Gasteiger partial charge in [-0.25, -0.2) is 0 Å². The Bertz CT molecular complexity index is 553. The molecule has 26 heavy (non-hydrogen) atoms. The molecule has 1 aliphatic carbocycles. The summed E-state index contributed by atoms with van der Waals surface area (Å²) in [4.78, 5) is 5.19. The van der Waals surface area contributed by atoms with Crippen LogP contribution in [0.25, 0.3) is 0 Å². The Balaban J connectivity index is 1.32. The third kappa shape index (κ3) is 4.29. The number of likely N-dealkylation sites (tertiary alicyclic amines) is 1. The van der Waals surface area contributed by atoms with Crippen LogP contribution in [0, 0.1) is 0 Å². The number of nitrogens with zero attached hydrogens (tertiary/aromatic N) is 5. The lowest BCUT2D eigenvalue weighted by Gasteiger charge is -2.37. The number of hydrogen-bond donors (Lipinski definition) is 0. The third-order valence-corrected chi connectivity index (χ3v) is 6.70. The topological polar surface area (TPSA) is 46.4 Å². The molecule has 1 aromatic heterocycles. The summed E-state index contributed by atoms with van der Waals surface area (Å²) in [5.41, 5.74) is 0. The van der Waals surface area contributed by atoms with E-state index in [0.29, 0.717) is 5.92 Å². The molecule has 6 heteroatoms. The van der Waals surface area contributed by atoms with Gasteiger partial charge in [0.1, 0.15) is 11.6 Å². The average Bonchev–Trinajstić information content (AvgIpc) is 2.89. The molecular formula is C20H35N5O. The first-order valence-electron chi connectivity index (χ1n) is 10.7. The van der Waals surface area contributed by atoms with Gasteiger partial charge < -0.3 is 14.2 Å². The summed E-state index contributed by atoms with van der Waals surface area (Å²) in [6.45, 7) is 7.05. The summed E-state index contributed by atoms with van der Waals surface area (Å²) in [7, 11) is 2.16. The molecule has 0 N–H and O–H groups in total. The number of morpholine rings is 1. The molecule has 1 aromatic rings. The van der Waals surface area contributed by atoms with E-state index in [-0.39, 0.29) is 0 Å². The predicted octanol–water partition coefficient (Wildman–Crippen LogP) is 2.55. The molecule has 6 nitrogen and oxygen atoms in total. The van der Waals surface area contributed by atoms with Gasteiger partial charge in [0.2, 0.25) is 0 Å². The molecule has 0 amide bonds. The van der Waals surface area contributed by atoms with Crippen LogP contribution < -0.4 is 0 Å². The molecule has 0 bridgehead atoms. The maximum Gasteiger partial charge on any atom is 0.146 e. The second-order valence-electron chi connectivity index (χ2n) is 8.38. The van der Waals surface area contributed by atoms with Crippen LogP contribution in [0.3, 0.4) is 0 Å². The van der Waals surface area contributed by atoms with Gasteiger partial charge in [0.15, 0.2) is 0 Å². The molecule has 3 aliphatic rings. The minimum atomic E-state index is 0.577. The molecule has 4 rings (SSSR count). The van der Waals surface area contributed by atoms with E-state index in [1.165, 1.54) is 70.3 Å². The Morgan fingerprint density at radius 1 is 0.885 bits per heavy atom. The van der Waals surface area contributed by atoms with Gasteiger partial charge in [-0.2, -0.15) is 0 Å². The predicted molar refractivity (Wildman–Crippen MR) is 102 cm³/mol. The maximum absolute atomic E-state index is 5.45. The molecule has 0 radical (unpaired) electrons. The Morgan fingerprint density at radius 3 is 2.27 bits per heavy atom. The summed E-state index contributed by atoms with van der Waals surface area (Å²) < 4.78 is 7.71. The van der Waals surface area contributed by atoms with E-state index < -0.39 is 0 Å². The molecule has 2 saturated heterocycles. The second-order valence-corrected chi connectivity index (χ2v) is 8.38. The van der Waals surface area contributed by atoms with Gasteiger partial charge in [0.05, 0.1) is 19.8 Å². The lowest BCUT2D eigenvalue weighted by Crippen LogP contribution is -2.41. The standard InChI is InChI=1S/C20H35N5O/c1-23-19(16-24-12-14-26-15-13-24)21-22-20(23)17-8-10-25(11-9-17)18-6-4-2-3-5-7-18/h17-18H,2-16H2,1H3. The Morgan fingerprint density at radius 2 is 1.58 bits per heavy atom. The van der Waals surface area contributed by atoms with E-state index in [0.717, 1.165) is 44.7 Å². The summed E-state index contributed by atoms with van der Waals surface area (Å²) in [5.74, 6) is 2.88. The highest BCUT2D eigenvalue weighted by Crippen LogP contribution is 2.31. The molecule has 1 saturated carbocycles. The molecule has 2 aliphatic heterocycles. The van der Waals surface area contributed by atoms with Crippen LogP contribution in [0.2, 0.25) is 0 Å². The van der Waals surface area contributed by atoms with E-state index in [1.54, 1.807) is 0 Å². The van der Waals surface area contributed by atoms with Crippen molar-refractivity contribution in [3.8, 4) is 0 Å². The van der Waals surface area contributed by atoms with E-state index in [4.69, 9.17) is 4.74 Å². The quantitative estimate of drug-likeness (QED) is 0.771. The van der Waals surface area contributed by atoms with Gasteiger partial charge in [-0.3, -0.25) is 4.90 Å². The van der Waals surface area contributed by atoms with Crippen LogP contribution in [-0.2, 0) is 18.3 Å². The first-order valence-corrected chi connectivity index (χ1v) is 10.7. The largest absolute Gasteiger partial charge is 0.379 e. The third-order valence-electron chi connectivity index (χ3n) is 6.70. The fourth-order valence-corrected chi connectivity index (χ4v) is 4.97. The van der Waals surface area contributed by atoms with Crippen molar-refractivity contribution in [2.75, 3.05) is 39.4 Å². The van der Waals surface area contributed by atoms with Crippen molar-refractivity contribution in [3.63, 3.8) is 0 Å². The van der Waals surface area contributed by atoms with Gasteiger partial charge in [-0.1, -0.05) is 25.7 Å². The normalized spacial score (nSPS) is 25.4. The van der Waals surface area contributed by atoms with Crippen LogP contribution in [0.15, 0.2) is 0 Å². The van der Waals surface area contributed by atoms with Crippen molar-refractivity contribution in [3.05, 3.63) is 11.6 Å². The molecule has 0 atom stereocenters. The zero-order valence-corrected chi connectivity index (χ0v) is 16.4. The SMILES string of the molecule is Cn1c(CN2CCOCC2)nnc1C1CCN(C2CCCCCC2)CC1. The Labute approximate surface area is 157 Å². The van der Waals surface area contributed by atoms with Crippen LogP contribution in [-0.4, -0.2) is 70.0 Å². The van der Waals surface area contributed by atoms with Crippen LogP contribution in [0.5, 0.6) is 0 Å². The van der Waals surface area contributed by atoms with Crippen LogP contribution in [0.4, 0.5) is 0 Å². The smallest absolute Gasteiger partial charge is 0.146 e. The summed E-state index contributed by atoms with van der Waals surface area (Å²) in [6.07, 6.45) is 11.0. The Hall–Kier alpha value is -0.980. The van der Waals surface area contributed by atoms with Crippen molar-refractivity contribution < 1.29 is 4.74 Å². The molecule has 0 aromatic carbocycles. The highest BCUT2D eigenvalue weighted by Gasteiger charge is 2.29. The van der Waals surface area contributed by atoms with Crippen LogP contribution in [0.1, 0.15) is 68.9 Å². The molecular weight excluding hydrogens is 326 g/mol. The van der Waals surface area contributed by atoms with Crippen molar-refractivity contribution in [2.24, 2.45) is 7.05 Å². The Kier molecular flexibility index (Phi) is 6.23. The lowest BCUT2D eigenvalue weighted by molar-refractivity contribution is 0.0326. The lowest BCUT2D eigenvalue weighted by atomic mass is 9.93. The summed E-state index contributed by atoms with van der Waals surface area (Å²) >= 11 is 0. The van der Waals surface area contributed by atoms with Gasteiger partial charge >= 0.3 is 0 Å². The number of ether oxygens (including phenoxy) is 1. The fraction of sp³-hybridized carbons (Fsp3) is 0.900.